The average molecular weight is 497 g/mol. The number of piperazine rings is 1. The Morgan fingerprint density at radius 1 is 0.686 bits per heavy atom. The fourth-order valence-corrected chi connectivity index (χ4v) is 6.28. The number of hydrogen-bond acceptors (Lipinski definition) is 3. The monoisotopic (exact) mass is 496 g/mol. The lowest BCUT2D eigenvalue weighted by molar-refractivity contribution is 0.132. The van der Waals surface area contributed by atoms with Crippen molar-refractivity contribution in [2.45, 2.75) is 24.5 Å². The van der Waals surface area contributed by atoms with Crippen molar-refractivity contribution in [2.24, 2.45) is 0 Å². The molecule has 0 aliphatic carbocycles. The molecule has 1 aliphatic heterocycles. The summed E-state index contributed by atoms with van der Waals surface area (Å²) in [5.74, 6) is -0.0929. The van der Waals surface area contributed by atoms with E-state index in [2.05, 4.69) is 40.1 Å². The molecular formula is C29H34F2N2OS. The molecule has 0 saturated carbocycles. The van der Waals surface area contributed by atoms with Crippen molar-refractivity contribution in [3.05, 3.63) is 107 Å². The van der Waals surface area contributed by atoms with Crippen LogP contribution in [0.5, 0.6) is 0 Å². The zero-order valence-electron chi connectivity index (χ0n) is 20.1. The highest BCUT2D eigenvalue weighted by Crippen LogP contribution is 2.29. The van der Waals surface area contributed by atoms with Crippen LogP contribution in [0.25, 0.3) is 0 Å². The van der Waals surface area contributed by atoms with E-state index in [0.29, 0.717) is 5.75 Å². The van der Waals surface area contributed by atoms with Gasteiger partial charge >= 0.3 is 0 Å². The molecule has 0 radical (unpaired) electrons. The molecule has 0 aromatic heterocycles. The Kier molecular flexibility index (Phi) is 9.57. The molecule has 0 N–H and O–H groups in total. The summed E-state index contributed by atoms with van der Waals surface area (Å²) in [6.07, 6.45) is 3.13. The van der Waals surface area contributed by atoms with Gasteiger partial charge in [0.25, 0.3) is 0 Å². The van der Waals surface area contributed by atoms with E-state index in [1.165, 1.54) is 36.2 Å². The van der Waals surface area contributed by atoms with Gasteiger partial charge in [0, 0.05) is 42.7 Å². The summed E-state index contributed by atoms with van der Waals surface area (Å²) in [5.41, 5.74) is 2.99. The molecule has 186 valence electrons. The van der Waals surface area contributed by atoms with Crippen LogP contribution in [0, 0.1) is 11.6 Å². The first-order valence-electron chi connectivity index (χ1n) is 12.5. The largest absolute Gasteiger partial charge is 0.301 e. The summed E-state index contributed by atoms with van der Waals surface area (Å²) in [4.78, 5) is 4.99. The smallest absolute Gasteiger partial charge is 0.123 e. The van der Waals surface area contributed by atoms with Gasteiger partial charge in [-0.05, 0) is 73.3 Å². The molecule has 1 unspecified atom stereocenters. The van der Waals surface area contributed by atoms with Gasteiger partial charge in [0.1, 0.15) is 11.6 Å². The van der Waals surface area contributed by atoms with E-state index >= 15 is 0 Å². The first-order chi connectivity index (χ1) is 17.1. The van der Waals surface area contributed by atoms with Crippen molar-refractivity contribution >= 4 is 10.8 Å². The van der Waals surface area contributed by atoms with Gasteiger partial charge in [-0.2, -0.15) is 0 Å². The van der Waals surface area contributed by atoms with Crippen LogP contribution >= 0.6 is 0 Å². The maximum atomic E-state index is 13.5. The lowest BCUT2D eigenvalue weighted by Gasteiger charge is -2.34. The van der Waals surface area contributed by atoms with E-state index in [4.69, 9.17) is 0 Å². The Labute approximate surface area is 210 Å². The summed E-state index contributed by atoms with van der Waals surface area (Å²) in [6, 6.07) is 22.9. The first-order valence-corrected chi connectivity index (χ1v) is 13.8. The van der Waals surface area contributed by atoms with Gasteiger partial charge in [0.05, 0.1) is 5.25 Å². The quantitative estimate of drug-likeness (QED) is 0.353. The molecule has 0 bridgehead atoms. The molecule has 3 aromatic rings. The molecule has 1 saturated heterocycles. The second-order valence-corrected chi connectivity index (χ2v) is 10.8. The summed E-state index contributed by atoms with van der Waals surface area (Å²) in [7, 11) is -1.19. The second kappa shape index (κ2) is 13.1. The molecule has 0 amide bonds. The number of benzene rings is 3. The predicted molar refractivity (Wildman–Crippen MR) is 140 cm³/mol. The lowest BCUT2D eigenvalue weighted by atomic mass is 10.0. The van der Waals surface area contributed by atoms with Crippen LogP contribution in [0.2, 0.25) is 0 Å². The van der Waals surface area contributed by atoms with Crippen LogP contribution in [0.15, 0.2) is 78.9 Å². The minimum absolute atomic E-state index is 0.323. The predicted octanol–water partition coefficient (Wildman–Crippen LogP) is 5.44. The van der Waals surface area contributed by atoms with E-state index in [1.54, 1.807) is 24.3 Å². The van der Waals surface area contributed by atoms with Gasteiger partial charge in [0.2, 0.25) is 0 Å². The van der Waals surface area contributed by atoms with Gasteiger partial charge in [-0.1, -0.05) is 54.6 Å². The summed E-state index contributed by atoms with van der Waals surface area (Å²) >= 11 is 0. The molecule has 1 aliphatic rings. The molecule has 4 rings (SSSR count). The Balaban J connectivity index is 1.23. The molecule has 3 aromatic carbocycles. The van der Waals surface area contributed by atoms with Crippen LogP contribution in [0.4, 0.5) is 8.78 Å². The Bertz CT molecular complexity index is 1010. The standard InChI is InChI=1S/C29H34F2N2OS/c30-27-13-9-25(10-14-27)29(26-11-15-28(31)16-12-26)35(34)23-5-18-33-21-19-32(20-22-33)17-4-8-24-6-2-1-3-7-24/h1-3,6-7,9-16,29H,4-5,8,17-23H2. The fraction of sp³-hybridized carbons (Fsp3) is 0.379. The van der Waals surface area contributed by atoms with E-state index in [9.17, 15) is 13.0 Å². The van der Waals surface area contributed by atoms with Crippen molar-refractivity contribution in [3.63, 3.8) is 0 Å². The van der Waals surface area contributed by atoms with E-state index in [-0.39, 0.29) is 11.6 Å². The Hall–Kier alpha value is -2.41. The van der Waals surface area contributed by atoms with E-state index in [0.717, 1.165) is 63.2 Å². The van der Waals surface area contributed by atoms with Crippen molar-refractivity contribution in [1.82, 2.24) is 9.80 Å². The fourth-order valence-electron chi connectivity index (χ4n) is 4.71. The summed E-state index contributed by atoms with van der Waals surface area (Å²) in [6.45, 7) is 6.28. The number of nitrogens with zero attached hydrogens (tertiary/aromatic N) is 2. The average Bonchev–Trinajstić information content (AvgIpc) is 2.88. The highest BCUT2D eigenvalue weighted by molar-refractivity contribution is 7.85. The van der Waals surface area contributed by atoms with Gasteiger partial charge in [-0.15, -0.1) is 0 Å². The molecule has 1 fully saturated rings. The van der Waals surface area contributed by atoms with Gasteiger partial charge in [-0.3, -0.25) is 4.21 Å². The molecule has 6 heteroatoms. The van der Waals surface area contributed by atoms with Crippen LogP contribution in [0.1, 0.15) is 34.8 Å². The third kappa shape index (κ3) is 7.79. The van der Waals surface area contributed by atoms with Gasteiger partial charge in [0.15, 0.2) is 0 Å². The van der Waals surface area contributed by atoms with Crippen molar-refractivity contribution in [3.8, 4) is 0 Å². The number of hydrogen-bond donors (Lipinski definition) is 0. The van der Waals surface area contributed by atoms with Gasteiger partial charge < -0.3 is 9.80 Å². The minimum atomic E-state index is -1.19. The lowest BCUT2D eigenvalue weighted by Crippen LogP contribution is -2.47. The van der Waals surface area contributed by atoms with Crippen molar-refractivity contribution < 1.29 is 13.0 Å². The first kappa shape index (κ1) is 25.7. The zero-order chi connectivity index (χ0) is 24.5. The Morgan fingerprint density at radius 2 is 1.17 bits per heavy atom. The summed E-state index contributed by atoms with van der Waals surface area (Å²) in [5, 5.41) is -0.391. The molecule has 35 heavy (non-hydrogen) atoms. The van der Waals surface area contributed by atoms with Crippen LogP contribution in [0.3, 0.4) is 0 Å². The highest BCUT2D eigenvalue weighted by Gasteiger charge is 2.22. The third-order valence-corrected chi connectivity index (χ3v) is 8.44. The van der Waals surface area contributed by atoms with Crippen molar-refractivity contribution in [2.75, 3.05) is 45.0 Å². The molecule has 1 heterocycles. The second-order valence-electron chi connectivity index (χ2n) is 9.19. The SMILES string of the molecule is O=S(CCCN1CCN(CCCc2ccccc2)CC1)C(c1ccc(F)cc1)c1ccc(F)cc1. The number of aryl methyl sites for hydroxylation is 1. The maximum absolute atomic E-state index is 13.5. The maximum Gasteiger partial charge on any atom is 0.123 e. The van der Waals surface area contributed by atoms with Crippen LogP contribution < -0.4 is 0 Å². The van der Waals surface area contributed by atoms with Crippen LogP contribution in [-0.4, -0.2) is 59.0 Å². The van der Waals surface area contributed by atoms with Gasteiger partial charge in [-0.25, -0.2) is 8.78 Å². The molecule has 3 nitrogen and oxygen atoms in total. The topological polar surface area (TPSA) is 23.6 Å². The Morgan fingerprint density at radius 3 is 1.69 bits per heavy atom. The van der Waals surface area contributed by atoms with E-state index < -0.39 is 16.0 Å². The van der Waals surface area contributed by atoms with E-state index in [1.807, 2.05) is 0 Å². The number of halogens is 2. The molecule has 0 spiro atoms. The normalized spacial score (nSPS) is 16.0. The third-order valence-electron chi connectivity index (χ3n) is 6.68. The minimum Gasteiger partial charge on any atom is -0.301 e. The summed E-state index contributed by atoms with van der Waals surface area (Å²) < 4.78 is 40.2. The molecule has 1 atom stereocenters. The zero-order valence-corrected chi connectivity index (χ0v) is 20.9. The van der Waals surface area contributed by atoms with Crippen LogP contribution in [-0.2, 0) is 17.2 Å². The highest BCUT2D eigenvalue weighted by atomic mass is 32.2. The molecular weight excluding hydrogens is 462 g/mol. The number of rotatable bonds is 11. The van der Waals surface area contributed by atoms with Crippen molar-refractivity contribution in [1.29, 1.82) is 0 Å².